The number of halogens is 4. The average Bonchev–Trinajstić information content (AvgIpc) is 3.30. The molecule has 228 valence electrons. The number of amides is 1. The van der Waals surface area contributed by atoms with Crippen LogP contribution in [-0.4, -0.2) is 28.0 Å². The van der Waals surface area contributed by atoms with Crippen LogP contribution >= 0.6 is 27.0 Å². The standard InChI is InChI=1S/C32H29F4N3O2.2H2S/c1-4-20-16-22(14-15-26(20)33)29-25(18-27(40)21-10-9-11-23(17-21)32(34,35)36)31(41)38(5-2)30-28(29)19(3)37-39(30)24-12-7-6-8-13-24;;/h6-17,25,29H,4-5,18H2,1-3H3;2*1H2/t25-,29+;;/m0../s1. The fourth-order valence-electron chi connectivity index (χ4n) is 5.70. The van der Waals surface area contributed by atoms with E-state index >= 15 is 0 Å². The summed E-state index contributed by atoms with van der Waals surface area (Å²) in [6.45, 7) is 5.75. The van der Waals surface area contributed by atoms with Gasteiger partial charge in [0.1, 0.15) is 11.6 Å². The minimum absolute atomic E-state index is 0. The smallest absolute Gasteiger partial charge is 0.296 e. The van der Waals surface area contributed by atoms with E-state index in [0.29, 0.717) is 29.1 Å². The van der Waals surface area contributed by atoms with E-state index in [1.54, 1.807) is 21.7 Å². The number of aromatic nitrogens is 2. The van der Waals surface area contributed by atoms with Gasteiger partial charge in [-0.25, -0.2) is 9.07 Å². The van der Waals surface area contributed by atoms with Crippen molar-refractivity contribution in [3.63, 3.8) is 0 Å². The average molecular weight is 632 g/mol. The van der Waals surface area contributed by atoms with Gasteiger partial charge in [-0.05, 0) is 61.7 Å². The van der Waals surface area contributed by atoms with Crippen LogP contribution in [0.25, 0.3) is 5.69 Å². The van der Waals surface area contributed by atoms with E-state index in [0.717, 1.165) is 23.4 Å². The van der Waals surface area contributed by atoms with Crippen LogP contribution < -0.4 is 4.90 Å². The molecule has 0 bridgehead atoms. The molecule has 0 saturated heterocycles. The number of carbonyl (C=O) groups excluding carboxylic acids is 2. The first kappa shape index (κ1) is 33.9. The summed E-state index contributed by atoms with van der Waals surface area (Å²) in [5.41, 5.74) is 2.17. The maximum atomic E-state index is 14.6. The summed E-state index contributed by atoms with van der Waals surface area (Å²) >= 11 is 0. The lowest BCUT2D eigenvalue weighted by atomic mass is 9.74. The zero-order valence-electron chi connectivity index (χ0n) is 23.9. The first-order valence-electron chi connectivity index (χ1n) is 13.5. The number of Topliss-reactive ketones (excluding diaryl/α,β-unsaturated/α-hetero) is 1. The van der Waals surface area contributed by atoms with Gasteiger partial charge in [-0.15, -0.1) is 0 Å². The Morgan fingerprint density at radius 3 is 2.28 bits per heavy atom. The second kappa shape index (κ2) is 13.4. The van der Waals surface area contributed by atoms with Gasteiger partial charge in [0.25, 0.3) is 0 Å². The van der Waals surface area contributed by atoms with Gasteiger partial charge < -0.3 is 0 Å². The number of carbonyl (C=O) groups is 2. The Balaban J connectivity index is 0.00000253. The molecule has 0 fully saturated rings. The van der Waals surface area contributed by atoms with E-state index in [1.165, 1.54) is 18.2 Å². The highest BCUT2D eigenvalue weighted by Gasteiger charge is 2.45. The van der Waals surface area contributed by atoms with E-state index in [-0.39, 0.29) is 57.2 Å². The maximum Gasteiger partial charge on any atom is 0.416 e. The second-order valence-corrected chi connectivity index (χ2v) is 10.1. The largest absolute Gasteiger partial charge is 0.416 e. The Kier molecular flexibility index (Phi) is 10.6. The molecule has 3 aromatic carbocycles. The number of aryl methyl sites for hydroxylation is 2. The molecular formula is C32H33F4N3O2S2. The van der Waals surface area contributed by atoms with Crippen LogP contribution in [-0.2, 0) is 17.4 Å². The van der Waals surface area contributed by atoms with Gasteiger partial charge in [0.15, 0.2) is 5.78 Å². The number of nitrogens with zero attached hydrogens (tertiary/aromatic N) is 3. The zero-order valence-corrected chi connectivity index (χ0v) is 25.9. The van der Waals surface area contributed by atoms with Crippen molar-refractivity contribution < 1.29 is 27.2 Å². The summed E-state index contributed by atoms with van der Waals surface area (Å²) in [5, 5.41) is 4.78. The van der Waals surface area contributed by atoms with Gasteiger partial charge in [0.2, 0.25) is 5.91 Å². The van der Waals surface area contributed by atoms with E-state index in [2.05, 4.69) is 0 Å². The van der Waals surface area contributed by atoms with Crippen molar-refractivity contribution in [3.8, 4) is 5.69 Å². The lowest BCUT2D eigenvalue weighted by Crippen LogP contribution is -2.45. The molecule has 0 aliphatic carbocycles. The molecule has 0 spiro atoms. The third-order valence-corrected chi connectivity index (χ3v) is 7.68. The van der Waals surface area contributed by atoms with Crippen molar-refractivity contribution in [1.29, 1.82) is 0 Å². The molecule has 0 N–H and O–H groups in total. The molecule has 0 saturated carbocycles. The SMILES string of the molecule is CCc1cc([C@H]2c3c(C)nn(-c4ccccc4)c3N(CC)C(=O)[C@H]2CC(=O)c2cccc(C(F)(F)F)c2)ccc1F.S.S. The van der Waals surface area contributed by atoms with E-state index < -0.39 is 29.4 Å². The predicted molar refractivity (Wildman–Crippen MR) is 169 cm³/mol. The Hall–Kier alpha value is -3.57. The summed E-state index contributed by atoms with van der Waals surface area (Å²) in [6, 6.07) is 18.3. The first-order chi connectivity index (χ1) is 19.5. The molecule has 1 aliphatic heterocycles. The molecule has 11 heteroatoms. The minimum atomic E-state index is -4.61. The molecule has 2 atom stereocenters. The molecular weight excluding hydrogens is 598 g/mol. The summed E-state index contributed by atoms with van der Waals surface area (Å²) < 4.78 is 56.4. The molecule has 1 amide bonds. The van der Waals surface area contributed by atoms with Gasteiger partial charge in [-0.1, -0.05) is 49.4 Å². The van der Waals surface area contributed by atoms with Gasteiger partial charge in [0, 0.05) is 30.0 Å². The minimum Gasteiger partial charge on any atom is -0.296 e. The molecule has 0 radical (unpaired) electrons. The van der Waals surface area contributed by atoms with Crippen LogP contribution in [0.3, 0.4) is 0 Å². The summed E-state index contributed by atoms with van der Waals surface area (Å²) in [5.74, 6) is -2.33. The molecule has 5 nitrogen and oxygen atoms in total. The number of rotatable bonds is 7. The normalized spacial score (nSPS) is 16.3. The van der Waals surface area contributed by atoms with Crippen LogP contribution in [0.15, 0.2) is 72.8 Å². The van der Waals surface area contributed by atoms with E-state index in [9.17, 15) is 27.2 Å². The fourth-order valence-corrected chi connectivity index (χ4v) is 5.70. The lowest BCUT2D eigenvalue weighted by molar-refractivity contribution is -0.137. The zero-order chi connectivity index (χ0) is 29.5. The third kappa shape index (κ3) is 6.38. The molecule has 43 heavy (non-hydrogen) atoms. The Morgan fingerprint density at radius 2 is 1.65 bits per heavy atom. The summed E-state index contributed by atoms with van der Waals surface area (Å²) in [6.07, 6.45) is -4.51. The van der Waals surface area contributed by atoms with Gasteiger partial charge >= 0.3 is 6.18 Å². The van der Waals surface area contributed by atoms with Crippen molar-refractivity contribution in [2.45, 2.75) is 45.7 Å². The Morgan fingerprint density at radius 1 is 0.953 bits per heavy atom. The lowest BCUT2D eigenvalue weighted by Gasteiger charge is -2.38. The monoisotopic (exact) mass is 631 g/mol. The van der Waals surface area contributed by atoms with Gasteiger partial charge in [0.05, 0.1) is 22.9 Å². The van der Waals surface area contributed by atoms with Gasteiger partial charge in [-0.3, -0.25) is 14.5 Å². The number of benzene rings is 3. The first-order valence-corrected chi connectivity index (χ1v) is 13.5. The number of para-hydroxylation sites is 1. The molecule has 1 aromatic heterocycles. The molecule has 2 heterocycles. The summed E-state index contributed by atoms with van der Waals surface area (Å²) in [4.78, 5) is 29.3. The van der Waals surface area contributed by atoms with Crippen molar-refractivity contribution in [3.05, 3.63) is 112 Å². The highest BCUT2D eigenvalue weighted by molar-refractivity contribution is 7.59. The van der Waals surface area contributed by atoms with Crippen LogP contribution in [0.4, 0.5) is 23.4 Å². The molecule has 1 aliphatic rings. The van der Waals surface area contributed by atoms with Crippen molar-refractivity contribution in [2.75, 3.05) is 11.4 Å². The summed E-state index contributed by atoms with van der Waals surface area (Å²) in [7, 11) is 0. The number of hydrogen-bond donors (Lipinski definition) is 0. The van der Waals surface area contributed by atoms with E-state index in [1.807, 2.05) is 51.1 Å². The van der Waals surface area contributed by atoms with Crippen LogP contribution in [0.5, 0.6) is 0 Å². The maximum absolute atomic E-state index is 14.6. The van der Waals surface area contributed by atoms with Crippen molar-refractivity contribution in [2.24, 2.45) is 5.92 Å². The highest BCUT2D eigenvalue weighted by Crippen LogP contribution is 2.47. The van der Waals surface area contributed by atoms with Gasteiger partial charge in [-0.2, -0.15) is 45.3 Å². The predicted octanol–water partition coefficient (Wildman–Crippen LogP) is 7.51. The molecule has 4 aromatic rings. The highest BCUT2D eigenvalue weighted by atomic mass is 32.1. The van der Waals surface area contributed by atoms with Crippen molar-refractivity contribution >= 4 is 44.5 Å². The third-order valence-electron chi connectivity index (χ3n) is 7.68. The van der Waals surface area contributed by atoms with Crippen LogP contribution in [0, 0.1) is 18.7 Å². The van der Waals surface area contributed by atoms with E-state index in [4.69, 9.17) is 5.10 Å². The number of fused-ring (bicyclic) bond motifs is 1. The van der Waals surface area contributed by atoms with Crippen molar-refractivity contribution in [1.82, 2.24) is 9.78 Å². The molecule has 5 rings (SSSR count). The quantitative estimate of drug-likeness (QED) is 0.157. The van der Waals surface area contributed by atoms with Crippen LogP contribution in [0.2, 0.25) is 0 Å². The fraction of sp³-hybridized carbons (Fsp3) is 0.281. The van der Waals surface area contributed by atoms with Crippen LogP contribution in [0.1, 0.15) is 64.5 Å². The number of alkyl halides is 3. The number of hydrogen-bond acceptors (Lipinski definition) is 3. The topological polar surface area (TPSA) is 55.2 Å². The Labute approximate surface area is 261 Å². The second-order valence-electron chi connectivity index (χ2n) is 10.1. The number of anilines is 1. The molecule has 0 unspecified atom stereocenters. The number of ketones is 1. The Bertz CT molecular complexity index is 1620.